The molecule has 0 amide bonds. The van der Waals surface area contributed by atoms with Gasteiger partial charge in [0.2, 0.25) is 0 Å². The van der Waals surface area contributed by atoms with Gasteiger partial charge in [-0.1, -0.05) is 12.8 Å². The molecule has 0 aromatic carbocycles. The second kappa shape index (κ2) is 10.1. The van der Waals surface area contributed by atoms with Crippen molar-refractivity contribution in [2.45, 2.75) is 26.8 Å². The van der Waals surface area contributed by atoms with Crippen molar-refractivity contribution >= 4 is 41.3 Å². The average Bonchev–Trinajstić information content (AvgIpc) is 2.80. The van der Waals surface area contributed by atoms with E-state index in [1.807, 2.05) is 12.3 Å². The molecule has 6 heteroatoms. The van der Waals surface area contributed by atoms with E-state index < -0.39 is 0 Å². The van der Waals surface area contributed by atoms with Gasteiger partial charge in [-0.15, -0.1) is 41.7 Å². The van der Waals surface area contributed by atoms with Crippen LogP contribution in [0.25, 0.3) is 0 Å². The second-order valence-corrected chi connectivity index (χ2v) is 4.28. The lowest BCUT2D eigenvalue weighted by molar-refractivity contribution is 0.857. The molecule has 0 saturated heterocycles. The van der Waals surface area contributed by atoms with Crippen LogP contribution in [0.2, 0.25) is 0 Å². The highest BCUT2D eigenvalue weighted by atomic mass is 127. The van der Waals surface area contributed by atoms with Crippen molar-refractivity contribution in [2.75, 3.05) is 13.1 Å². The van der Waals surface area contributed by atoms with Crippen molar-refractivity contribution in [1.82, 2.24) is 15.6 Å². The van der Waals surface area contributed by atoms with E-state index in [4.69, 9.17) is 6.42 Å². The predicted molar refractivity (Wildman–Crippen MR) is 88.6 cm³/mol. The fraction of sp³-hybridized carbons (Fsp3) is 0.500. The van der Waals surface area contributed by atoms with Crippen molar-refractivity contribution in [1.29, 1.82) is 0 Å². The van der Waals surface area contributed by atoms with Crippen molar-refractivity contribution in [3.63, 3.8) is 0 Å². The third-order valence-corrected chi connectivity index (χ3v) is 3.05. The van der Waals surface area contributed by atoms with Crippen molar-refractivity contribution < 1.29 is 0 Å². The van der Waals surface area contributed by atoms with Crippen molar-refractivity contribution in [3.8, 4) is 12.3 Å². The highest BCUT2D eigenvalue weighted by Gasteiger charge is 2.00. The van der Waals surface area contributed by atoms with E-state index in [1.165, 1.54) is 0 Å². The minimum Gasteiger partial charge on any atom is -0.357 e. The first-order chi connectivity index (χ1) is 8.30. The fourth-order valence-corrected chi connectivity index (χ4v) is 1.96. The largest absolute Gasteiger partial charge is 0.357 e. The minimum absolute atomic E-state index is 0. The van der Waals surface area contributed by atoms with Crippen molar-refractivity contribution in [3.05, 3.63) is 16.1 Å². The van der Waals surface area contributed by atoms with Crippen molar-refractivity contribution in [2.24, 2.45) is 4.99 Å². The summed E-state index contributed by atoms with van der Waals surface area (Å²) in [4.78, 5) is 8.87. The molecule has 0 spiro atoms. The van der Waals surface area contributed by atoms with Gasteiger partial charge in [0.15, 0.2) is 5.96 Å². The van der Waals surface area contributed by atoms with Crippen LogP contribution in [0.4, 0.5) is 0 Å². The Hall–Kier alpha value is -0.810. The molecule has 100 valence electrons. The van der Waals surface area contributed by atoms with E-state index in [1.54, 1.807) is 11.3 Å². The fourth-order valence-electron chi connectivity index (χ4n) is 1.22. The first-order valence-electron chi connectivity index (χ1n) is 5.69. The Balaban J connectivity index is 0.00000289. The summed E-state index contributed by atoms with van der Waals surface area (Å²) in [5, 5.41) is 9.37. The maximum Gasteiger partial charge on any atom is 0.192 e. The first kappa shape index (κ1) is 17.2. The number of hydrogen-bond donors (Lipinski definition) is 2. The lowest BCUT2D eigenvalue weighted by Gasteiger charge is -2.07. The van der Waals surface area contributed by atoms with E-state index >= 15 is 0 Å². The molecule has 0 fully saturated rings. The Morgan fingerprint density at radius 1 is 1.50 bits per heavy atom. The number of guanidine groups is 1. The molecule has 1 rings (SSSR count). The van der Waals surface area contributed by atoms with Crippen LogP contribution in [0.15, 0.2) is 10.4 Å². The molecule has 0 unspecified atom stereocenters. The number of nitrogens with zero attached hydrogens (tertiary/aromatic N) is 2. The molecule has 0 radical (unpaired) electrons. The number of aromatic nitrogens is 1. The molecule has 4 nitrogen and oxygen atoms in total. The molecule has 18 heavy (non-hydrogen) atoms. The number of rotatable bonds is 5. The summed E-state index contributed by atoms with van der Waals surface area (Å²) in [6.45, 7) is 5.99. The van der Waals surface area contributed by atoms with Gasteiger partial charge in [0.1, 0.15) is 0 Å². The average molecular weight is 378 g/mol. The number of aryl methyl sites for hydroxylation is 1. The van der Waals surface area contributed by atoms with Crippen LogP contribution in [0.3, 0.4) is 0 Å². The Bertz CT molecular complexity index is 408. The molecular formula is C12H19IN4S. The van der Waals surface area contributed by atoms with E-state index in [0.717, 1.165) is 29.6 Å². The maximum atomic E-state index is 5.20. The second-order valence-electron chi connectivity index (χ2n) is 3.34. The third-order valence-electron chi connectivity index (χ3n) is 2.00. The van der Waals surface area contributed by atoms with Crippen LogP contribution < -0.4 is 10.6 Å². The quantitative estimate of drug-likeness (QED) is 0.357. The van der Waals surface area contributed by atoms with Crippen LogP contribution in [0.1, 0.15) is 24.5 Å². The molecule has 0 atom stereocenters. The lowest BCUT2D eigenvalue weighted by atomic mass is 10.5. The van der Waals surface area contributed by atoms with Crippen LogP contribution >= 0.6 is 35.3 Å². The first-order valence-corrected chi connectivity index (χ1v) is 6.57. The zero-order valence-electron chi connectivity index (χ0n) is 10.7. The summed E-state index contributed by atoms with van der Waals surface area (Å²) >= 11 is 1.68. The normalized spacial score (nSPS) is 10.4. The van der Waals surface area contributed by atoms with Gasteiger partial charge in [0.25, 0.3) is 0 Å². The summed E-state index contributed by atoms with van der Waals surface area (Å²) in [5.41, 5.74) is 1.00. The van der Waals surface area contributed by atoms with Gasteiger partial charge in [0, 0.05) is 11.9 Å². The Morgan fingerprint density at radius 2 is 2.28 bits per heavy atom. The van der Waals surface area contributed by atoms with Crippen LogP contribution in [0, 0.1) is 12.3 Å². The van der Waals surface area contributed by atoms with Crippen LogP contribution in [-0.4, -0.2) is 24.0 Å². The summed E-state index contributed by atoms with van der Waals surface area (Å²) in [7, 11) is 0. The van der Waals surface area contributed by atoms with E-state index in [2.05, 4.69) is 33.5 Å². The maximum absolute atomic E-state index is 5.20. The smallest absolute Gasteiger partial charge is 0.192 e. The standard InChI is InChI=1S/C12H18N4S.HI/c1-4-7-14-12(13-6-3)15-8-10-9-17-11(5-2)16-10;/h1,9H,5-8H2,2-3H3,(H2,13,14,15);1H. The van der Waals surface area contributed by atoms with Gasteiger partial charge in [-0.05, 0) is 13.3 Å². The highest BCUT2D eigenvalue weighted by molar-refractivity contribution is 14.0. The Labute approximate surface area is 130 Å². The number of thiazole rings is 1. The van der Waals surface area contributed by atoms with Gasteiger partial charge < -0.3 is 10.6 Å². The molecular weight excluding hydrogens is 359 g/mol. The summed E-state index contributed by atoms with van der Waals surface area (Å²) < 4.78 is 0. The number of halogens is 1. The van der Waals surface area contributed by atoms with Gasteiger partial charge in [-0.25, -0.2) is 9.98 Å². The molecule has 0 aliphatic heterocycles. The summed E-state index contributed by atoms with van der Waals surface area (Å²) in [5.74, 6) is 3.26. The van der Waals surface area contributed by atoms with E-state index in [-0.39, 0.29) is 24.0 Å². The van der Waals surface area contributed by atoms with Gasteiger partial charge in [-0.2, -0.15) is 0 Å². The molecule has 0 bridgehead atoms. The molecule has 1 heterocycles. The molecule has 1 aromatic rings. The minimum atomic E-state index is 0. The van der Waals surface area contributed by atoms with E-state index in [0.29, 0.717) is 13.1 Å². The SMILES string of the molecule is C#CCNC(=NCc1csc(CC)n1)NCC.I. The zero-order valence-corrected chi connectivity index (χ0v) is 13.8. The topological polar surface area (TPSA) is 49.3 Å². The van der Waals surface area contributed by atoms with Gasteiger partial charge >= 0.3 is 0 Å². The predicted octanol–water partition coefficient (Wildman–Crippen LogP) is 2.01. The Kier molecular flexibility index (Phi) is 9.69. The zero-order chi connectivity index (χ0) is 12.5. The number of terminal acetylenes is 1. The van der Waals surface area contributed by atoms with Crippen LogP contribution in [0.5, 0.6) is 0 Å². The molecule has 0 aliphatic rings. The lowest BCUT2D eigenvalue weighted by Crippen LogP contribution is -2.37. The Morgan fingerprint density at radius 3 is 2.83 bits per heavy atom. The van der Waals surface area contributed by atoms with Gasteiger partial charge in [0.05, 0.1) is 23.8 Å². The summed E-state index contributed by atoms with van der Waals surface area (Å²) in [6, 6.07) is 0. The number of hydrogen-bond acceptors (Lipinski definition) is 3. The number of nitrogens with one attached hydrogen (secondary N) is 2. The number of aliphatic imine (C=N–C) groups is 1. The monoisotopic (exact) mass is 378 g/mol. The molecule has 1 aromatic heterocycles. The van der Waals surface area contributed by atoms with Gasteiger partial charge in [-0.3, -0.25) is 0 Å². The summed E-state index contributed by atoms with van der Waals surface area (Å²) in [6.07, 6.45) is 6.17. The molecule has 2 N–H and O–H groups in total. The molecule has 0 saturated carbocycles. The van der Waals surface area contributed by atoms with Crippen LogP contribution in [-0.2, 0) is 13.0 Å². The third kappa shape index (κ3) is 6.21. The molecule has 0 aliphatic carbocycles. The highest BCUT2D eigenvalue weighted by Crippen LogP contribution is 2.10. The van der Waals surface area contributed by atoms with E-state index in [9.17, 15) is 0 Å².